The van der Waals surface area contributed by atoms with Crippen molar-refractivity contribution in [3.63, 3.8) is 0 Å². The van der Waals surface area contributed by atoms with Gasteiger partial charge in [0, 0.05) is 56.1 Å². The highest BCUT2D eigenvalue weighted by atomic mass is 16.1. The standard InChI is InChI=1S/C29H34N8O/c1-30-29(38)24-10-14-32-28-20(5-4-6-23(24)28)9-13-31-26-17-25(34-19-35-26)21-7-8-27(33-18-21)37(3)22-11-15-36(2)16-12-22/h4-8,10,14,17-19,22H,9,11-13,15-16H2,1-3H3,(H,30,38)(H,31,34,35). The summed E-state index contributed by atoms with van der Waals surface area (Å²) in [7, 11) is 5.95. The van der Waals surface area contributed by atoms with E-state index in [9.17, 15) is 4.79 Å². The predicted octanol–water partition coefficient (Wildman–Crippen LogP) is 3.63. The quantitative estimate of drug-likeness (QED) is 0.371. The fourth-order valence-electron chi connectivity index (χ4n) is 5.02. The number of nitrogens with zero attached hydrogens (tertiary/aromatic N) is 6. The van der Waals surface area contributed by atoms with Gasteiger partial charge < -0.3 is 20.4 Å². The SMILES string of the molecule is CNC(=O)c1ccnc2c(CCNc3cc(-c4ccc(N(C)C5CCN(C)CC5)nc4)ncn3)cccc12. The average molecular weight is 511 g/mol. The Labute approximate surface area is 223 Å². The summed E-state index contributed by atoms with van der Waals surface area (Å²) in [6.45, 7) is 2.91. The Bertz CT molecular complexity index is 1400. The smallest absolute Gasteiger partial charge is 0.251 e. The van der Waals surface area contributed by atoms with Crippen LogP contribution in [0.4, 0.5) is 11.6 Å². The van der Waals surface area contributed by atoms with Crippen LogP contribution in [0.2, 0.25) is 0 Å². The highest BCUT2D eigenvalue weighted by Gasteiger charge is 2.21. The Morgan fingerprint density at radius 1 is 1.08 bits per heavy atom. The molecule has 5 rings (SSSR count). The van der Waals surface area contributed by atoms with Crippen molar-refractivity contribution in [1.29, 1.82) is 0 Å². The van der Waals surface area contributed by atoms with E-state index in [-0.39, 0.29) is 5.91 Å². The van der Waals surface area contributed by atoms with Crippen LogP contribution in [0.25, 0.3) is 22.2 Å². The fraction of sp³-hybridized carbons (Fsp3) is 0.345. The lowest BCUT2D eigenvalue weighted by atomic mass is 10.0. The first-order valence-electron chi connectivity index (χ1n) is 13.1. The number of aromatic nitrogens is 4. The van der Waals surface area contributed by atoms with Crippen LogP contribution in [0.1, 0.15) is 28.8 Å². The number of carbonyl (C=O) groups is 1. The van der Waals surface area contributed by atoms with Gasteiger partial charge in [-0.1, -0.05) is 18.2 Å². The maximum atomic E-state index is 12.2. The van der Waals surface area contributed by atoms with Crippen molar-refractivity contribution in [3.05, 3.63) is 72.3 Å². The number of anilines is 2. The molecule has 0 bridgehead atoms. The van der Waals surface area contributed by atoms with Gasteiger partial charge in [0.05, 0.1) is 16.8 Å². The van der Waals surface area contributed by atoms with Gasteiger partial charge in [-0.25, -0.2) is 15.0 Å². The third kappa shape index (κ3) is 5.57. The zero-order valence-corrected chi connectivity index (χ0v) is 22.2. The monoisotopic (exact) mass is 510 g/mol. The Morgan fingerprint density at radius 3 is 2.68 bits per heavy atom. The van der Waals surface area contributed by atoms with Gasteiger partial charge in [0.15, 0.2) is 0 Å². The summed E-state index contributed by atoms with van der Waals surface area (Å²) >= 11 is 0. The highest BCUT2D eigenvalue weighted by molar-refractivity contribution is 6.06. The van der Waals surface area contributed by atoms with Crippen LogP contribution < -0.4 is 15.5 Å². The van der Waals surface area contributed by atoms with Crippen LogP contribution >= 0.6 is 0 Å². The van der Waals surface area contributed by atoms with Crippen molar-refractivity contribution in [2.45, 2.75) is 25.3 Å². The first-order chi connectivity index (χ1) is 18.5. The molecular weight excluding hydrogens is 476 g/mol. The lowest BCUT2D eigenvalue weighted by molar-refractivity contribution is 0.0964. The van der Waals surface area contributed by atoms with E-state index < -0.39 is 0 Å². The molecule has 38 heavy (non-hydrogen) atoms. The number of amides is 1. The van der Waals surface area contributed by atoms with Crippen molar-refractivity contribution in [1.82, 2.24) is 30.2 Å². The molecule has 4 aromatic rings. The number of para-hydroxylation sites is 1. The molecule has 0 spiro atoms. The fourth-order valence-corrected chi connectivity index (χ4v) is 5.02. The van der Waals surface area contributed by atoms with Gasteiger partial charge in [-0.05, 0) is 63.2 Å². The van der Waals surface area contributed by atoms with Gasteiger partial charge in [0.1, 0.15) is 18.0 Å². The van der Waals surface area contributed by atoms with Gasteiger partial charge >= 0.3 is 0 Å². The van der Waals surface area contributed by atoms with Crippen molar-refractivity contribution >= 4 is 28.4 Å². The molecular formula is C29H34N8O. The number of pyridine rings is 2. The van der Waals surface area contributed by atoms with Crippen LogP contribution in [0.3, 0.4) is 0 Å². The molecule has 9 heteroatoms. The lowest BCUT2D eigenvalue weighted by Gasteiger charge is -2.35. The minimum absolute atomic E-state index is 0.114. The van der Waals surface area contributed by atoms with Crippen LogP contribution in [0.15, 0.2) is 61.2 Å². The van der Waals surface area contributed by atoms with Crippen LogP contribution in [0, 0.1) is 0 Å². The number of benzene rings is 1. The molecule has 9 nitrogen and oxygen atoms in total. The Kier molecular flexibility index (Phi) is 7.74. The molecule has 1 amide bonds. The topological polar surface area (TPSA) is 99.2 Å². The van der Waals surface area contributed by atoms with E-state index in [0.717, 1.165) is 71.7 Å². The molecule has 0 aliphatic carbocycles. The van der Waals surface area contributed by atoms with Crippen LogP contribution in [-0.2, 0) is 6.42 Å². The van der Waals surface area contributed by atoms with E-state index in [1.165, 1.54) is 0 Å². The maximum absolute atomic E-state index is 12.2. The van der Waals surface area contributed by atoms with Gasteiger partial charge in [-0.15, -0.1) is 0 Å². The van der Waals surface area contributed by atoms with E-state index in [0.29, 0.717) is 18.2 Å². The Morgan fingerprint density at radius 2 is 1.92 bits per heavy atom. The second-order valence-corrected chi connectivity index (χ2v) is 9.77. The van der Waals surface area contributed by atoms with E-state index >= 15 is 0 Å². The first-order valence-corrected chi connectivity index (χ1v) is 13.1. The Balaban J connectivity index is 1.24. The van der Waals surface area contributed by atoms with Crippen molar-refractivity contribution in [2.24, 2.45) is 0 Å². The molecule has 4 heterocycles. The third-order valence-electron chi connectivity index (χ3n) is 7.33. The number of piperidine rings is 1. The second kappa shape index (κ2) is 11.5. The summed E-state index contributed by atoms with van der Waals surface area (Å²) in [6, 6.07) is 14.3. The molecule has 1 aliphatic heterocycles. The predicted molar refractivity (Wildman–Crippen MR) is 152 cm³/mol. The summed E-state index contributed by atoms with van der Waals surface area (Å²) < 4.78 is 0. The van der Waals surface area contributed by atoms with Gasteiger partial charge in [-0.2, -0.15) is 0 Å². The van der Waals surface area contributed by atoms with Gasteiger partial charge in [0.2, 0.25) is 0 Å². The van der Waals surface area contributed by atoms with E-state index in [1.54, 1.807) is 25.6 Å². The summed E-state index contributed by atoms with van der Waals surface area (Å²) in [5.74, 6) is 1.62. The molecule has 2 N–H and O–H groups in total. The summed E-state index contributed by atoms with van der Waals surface area (Å²) in [5, 5.41) is 6.95. The number of hydrogen-bond donors (Lipinski definition) is 2. The first kappa shape index (κ1) is 25.5. The Hall–Kier alpha value is -4.11. The van der Waals surface area contributed by atoms with Gasteiger partial charge in [-0.3, -0.25) is 9.78 Å². The molecule has 3 aromatic heterocycles. The second-order valence-electron chi connectivity index (χ2n) is 9.77. The number of carbonyl (C=O) groups excluding carboxylic acids is 1. The van der Waals surface area contributed by atoms with Crippen LogP contribution in [0.5, 0.6) is 0 Å². The molecule has 1 saturated heterocycles. The molecule has 1 aliphatic rings. The highest BCUT2D eigenvalue weighted by Crippen LogP contribution is 2.24. The molecule has 1 fully saturated rings. The zero-order chi connectivity index (χ0) is 26.5. The normalized spacial score (nSPS) is 14.4. The summed E-state index contributed by atoms with van der Waals surface area (Å²) in [5.41, 5.74) is 4.32. The lowest BCUT2D eigenvalue weighted by Crippen LogP contribution is -2.42. The maximum Gasteiger partial charge on any atom is 0.251 e. The van der Waals surface area contributed by atoms with Gasteiger partial charge in [0.25, 0.3) is 5.91 Å². The largest absolute Gasteiger partial charge is 0.370 e. The molecule has 196 valence electrons. The third-order valence-corrected chi connectivity index (χ3v) is 7.33. The van der Waals surface area contributed by atoms with E-state index in [2.05, 4.69) is 61.6 Å². The van der Waals surface area contributed by atoms with E-state index in [4.69, 9.17) is 4.98 Å². The number of fused-ring (bicyclic) bond motifs is 1. The zero-order valence-electron chi connectivity index (χ0n) is 22.2. The molecule has 0 radical (unpaired) electrons. The summed E-state index contributed by atoms with van der Waals surface area (Å²) in [4.78, 5) is 35.1. The van der Waals surface area contributed by atoms with Crippen molar-refractivity contribution in [3.8, 4) is 11.3 Å². The summed E-state index contributed by atoms with van der Waals surface area (Å²) in [6.07, 6.45) is 8.19. The number of likely N-dealkylation sites (tertiary alicyclic amines) is 1. The molecule has 0 saturated carbocycles. The molecule has 1 aromatic carbocycles. The minimum atomic E-state index is -0.114. The molecule has 0 unspecified atom stereocenters. The molecule has 0 atom stereocenters. The number of rotatable bonds is 8. The van der Waals surface area contributed by atoms with Crippen molar-refractivity contribution < 1.29 is 4.79 Å². The number of hydrogen-bond acceptors (Lipinski definition) is 8. The minimum Gasteiger partial charge on any atom is -0.370 e. The van der Waals surface area contributed by atoms with Crippen LogP contribution in [-0.4, -0.2) is 77.6 Å². The average Bonchev–Trinajstić information content (AvgIpc) is 2.97. The number of nitrogens with one attached hydrogen (secondary N) is 2. The van der Waals surface area contributed by atoms with E-state index in [1.807, 2.05) is 30.5 Å². The van der Waals surface area contributed by atoms with Crippen molar-refractivity contribution in [2.75, 3.05) is 51.0 Å².